The molecule has 0 amide bonds. The van der Waals surface area contributed by atoms with E-state index < -0.39 is 23.5 Å². The van der Waals surface area contributed by atoms with Crippen molar-refractivity contribution in [3.05, 3.63) is 85.9 Å². The number of nitriles is 1. The summed E-state index contributed by atoms with van der Waals surface area (Å²) in [4.78, 5) is 16.1. The Balaban J connectivity index is 2.29. The van der Waals surface area contributed by atoms with Crippen LogP contribution in [0, 0.1) is 23.0 Å². The van der Waals surface area contributed by atoms with Gasteiger partial charge in [-0.2, -0.15) is 5.26 Å². The van der Waals surface area contributed by atoms with E-state index in [1.807, 2.05) is 13.8 Å². The predicted octanol–water partition coefficient (Wildman–Crippen LogP) is 6.10. The minimum absolute atomic E-state index is 0.00284. The number of nitrogens with zero attached hydrogens (tertiary/aromatic N) is 3. The Morgan fingerprint density at radius 2 is 2.03 bits per heavy atom. The molecule has 1 heterocycles. The fourth-order valence-corrected chi connectivity index (χ4v) is 4.51. The molecule has 9 heteroatoms. The van der Waals surface area contributed by atoms with Gasteiger partial charge in [0.05, 0.1) is 16.3 Å². The third-order valence-corrected chi connectivity index (χ3v) is 5.78. The van der Waals surface area contributed by atoms with Crippen LogP contribution in [0.2, 0.25) is 5.02 Å². The summed E-state index contributed by atoms with van der Waals surface area (Å²) in [5.74, 6) is -3.42. The van der Waals surface area contributed by atoms with E-state index in [1.54, 1.807) is 22.8 Å². The van der Waals surface area contributed by atoms with Gasteiger partial charge in [-0.15, -0.1) is 0 Å². The Morgan fingerprint density at radius 1 is 1.32 bits per heavy atom. The number of imidazole rings is 1. The average Bonchev–Trinajstić information content (AvgIpc) is 3.06. The second-order valence-corrected chi connectivity index (χ2v) is 8.32. The first-order valence-corrected chi connectivity index (χ1v) is 10.5. The maximum absolute atomic E-state index is 14.7. The normalized spacial score (nSPS) is 12.1. The molecule has 1 aromatic heterocycles. The van der Waals surface area contributed by atoms with Gasteiger partial charge in [0.2, 0.25) is 0 Å². The Kier molecular flexibility index (Phi) is 6.77. The number of rotatable bonds is 6. The predicted molar refractivity (Wildman–Crippen MR) is 115 cm³/mol. The van der Waals surface area contributed by atoms with Crippen molar-refractivity contribution in [2.75, 3.05) is 0 Å². The summed E-state index contributed by atoms with van der Waals surface area (Å²) in [5.41, 5.74) is 0.544. The number of aromatic nitrogens is 2. The monoisotopic (exact) mass is 507 g/mol. The molecule has 160 valence electrons. The first-order chi connectivity index (χ1) is 14.6. The lowest BCUT2D eigenvalue weighted by Gasteiger charge is -2.23. The fraction of sp³-hybridized carbons (Fsp3) is 0.227. The van der Waals surface area contributed by atoms with Gasteiger partial charge in [0.25, 0.3) is 0 Å². The van der Waals surface area contributed by atoms with Crippen molar-refractivity contribution in [3.8, 4) is 6.07 Å². The molecule has 0 spiro atoms. The molecule has 3 aromatic rings. The molecule has 2 aromatic carbocycles. The largest absolute Gasteiger partial charge is 0.476 e. The van der Waals surface area contributed by atoms with Gasteiger partial charge in [-0.25, -0.2) is 18.6 Å². The van der Waals surface area contributed by atoms with Crippen LogP contribution in [0.4, 0.5) is 8.78 Å². The van der Waals surface area contributed by atoms with Crippen molar-refractivity contribution in [1.29, 1.82) is 5.26 Å². The first kappa shape index (κ1) is 22.9. The number of carboxylic acid groups (broad SMARTS) is 1. The molecule has 3 rings (SSSR count). The van der Waals surface area contributed by atoms with Gasteiger partial charge in [-0.3, -0.25) is 0 Å². The van der Waals surface area contributed by atoms with Gasteiger partial charge in [-0.1, -0.05) is 29.8 Å². The SMILES string of the molecule is CC(C)n1c(Br)nc(C(=O)O)c1C(Cc1cccc(Cl)c1F)c1ccc(C#N)c(F)c1. The number of carbonyl (C=O) groups is 1. The van der Waals surface area contributed by atoms with E-state index in [4.69, 9.17) is 16.9 Å². The standard InChI is InChI=1S/C22H17BrClF2N3O2/c1-11(2)29-20(19(21(30)31)28-22(29)23)15(8-13-4-3-5-16(24)18(13)26)12-6-7-14(10-27)17(25)9-12/h3-7,9,11,15H,8H2,1-2H3,(H,30,31). The molecule has 31 heavy (non-hydrogen) atoms. The highest BCUT2D eigenvalue weighted by atomic mass is 79.9. The highest BCUT2D eigenvalue weighted by Gasteiger charge is 2.31. The molecule has 0 saturated heterocycles. The zero-order valence-corrected chi connectivity index (χ0v) is 18.9. The van der Waals surface area contributed by atoms with Crippen LogP contribution in [-0.4, -0.2) is 20.6 Å². The van der Waals surface area contributed by atoms with Crippen molar-refractivity contribution in [3.63, 3.8) is 0 Å². The van der Waals surface area contributed by atoms with Gasteiger partial charge < -0.3 is 9.67 Å². The molecule has 1 unspecified atom stereocenters. The van der Waals surface area contributed by atoms with Gasteiger partial charge in [-0.05, 0) is 65.5 Å². The Bertz CT molecular complexity index is 1200. The lowest BCUT2D eigenvalue weighted by atomic mass is 9.87. The van der Waals surface area contributed by atoms with Crippen LogP contribution in [0.25, 0.3) is 0 Å². The van der Waals surface area contributed by atoms with E-state index in [0.717, 1.165) is 0 Å². The maximum Gasteiger partial charge on any atom is 0.356 e. The molecule has 0 bridgehead atoms. The lowest BCUT2D eigenvalue weighted by molar-refractivity contribution is 0.0689. The Morgan fingerprint density at radius 3 is 2.61 bits per heavy atom. The third kappa shape index (κ3) is 4.48. The number of hydrogen-bond acceptors (Lipinski definition) is 3. The van der Waals surface area contributed by atoms with Crippen molar-refractivity contribution < 1.29 is 18.7 Å². The van der Waals surface area contributed by atoms with E-state index in [1.165, 1.54) is 24.3 Å². The van der Waals surface area contributed by atoms with Gasteiger partial charge in [0.15, 0.2) is 10.4 Å². The van der Waals surface area contributed by atoms with Crippen LogP contribution in [0.15, 0.2) is 41.1 Å². The van der Waals surface area contributed by atoms with Crippen LogP contribution in [0.3, 0.4) is 0 Å². The summed E-state index contributed by atoms with van der Waals surface area (Å²) in [6.07, 6.45) is 0.00284. The number of carboxylic acids is 1. The molecular weight excluding hydrogens is 492 g/mol. The van der Waals surface area contributed by atoms with E-state index >= 15 is 0 Å². The van der Waals surface area contributed by atoms with Crippen LogP contribution in [0.5, 0.6) is 0 Å². The van der Waals surface area contributed by atoms with Crippen LogP contribution in [0.1, 0.15) is 58.7 Å². The number of benzene rings is 2. The number of halogens is 4. The molecular formula is C22H17BrClF2N3O2. The summed E-state index contributed by atoms with van der Waals surface area (Å²) in [7, 11) is 0. The topological polar surface area (TPSA) is 78.9 Å². The fourth-order valence-electron chi connectivity index (χ4n) is 3.54. The molecule has 0 aliphatic rings. The summed E-state index contributed by atoms with van der Waals surface area (Å²) >= 11 is 9.23. The van der Waals surface area contributed by atoms with E-state index in [0.29, 0.717) is 10.3 Å². The molecule has 0 saturated carbocycles. The second-order valence-electron chi connectivity index (χ2n) is 7.20. The highest BCUT2D eigenvalue weighted by molar-refractivity contribution is 9.10. The smallest absolute Gasteiger partial charge is 0.356 e. The molecule has 0 aliphatic carbocycles. The van der Waals surface area contributed by atoms with Crippen LogP contribution >= 0.6 is 27.5 Å². The van der Waals surface area contributed by atoms with Crippen LogP contribution in [-0.2, 0) is 6.42 Å². The van der Waals surface area contributed by atoms with Gasteiger partial charge in [0, 0.05) is 12.0 Å². The third-order valence-electron chi connectivity index (χ3n) is 4.93. The molecule has 1 N–H and O–H groups in total. The summed E-state index contributed by atoms with van der Waals surface area (Å²) < 4.78 is 31.1. The minimum atomic E-state index is -1.26. The zero-order valence-electron chi connectivity index (χ0n) is 16.5. The first-order valence-electron chi connectivity index (χ1n) is 9.29. The molecule has 5 nitrogen and oxygen atoms in total. The zero-order chi connectivity index (χ0) is 22.9. The summed E-state index contributed by atoms with van der Waals surface area (Å²) in [6.45, 7) is 3.69. The molecule has 1 atom stereocenters. The maximum atomic E-state index is 14.7. The number of aromatic carboxylic acids is 1. The van der Waals surface area contributed by atoms with Gasteiger partial charge in [0.1, 0.15) is 17.7 Å². The molecule has 0 radical (unpaired) electrons. The van der Waals surface area contributed by atoms with E-state index in [9.17, 15) is 18.7 Å². The molecule has 0 aliphatic heterocycles. The van der Waals surface area contributed by atoms with E-state index in [2.05, 4.69) is 20.9 Å². The van der Waals surface area contributed by atoms with E-state index in [-0.39, 0.29) is 40.0 Å². The lowest BCUT2D eigenvalue weighted by Crippen LogP contribution is -2.18. The van der Waals surface area contributed by atoms with Gasteiger partial charge >= 0.3 is 5.97 Å². The minimum Gasteiger partial charge on any atom is -0.476 e. The average molecular weight is 509 g/mol. The number of hydrogen-bond donors (Lipinski definition) is 1. The summed E-state index contributed by atoms with van der Waals surface area (Å²) in [5, 5.41) is 18.8. The van der Waals surface area contributed by atoms with Crippen molar-refractivity contribution >= 4 is 33.5 Å². The highest BCUT2D eigenvalue weighted by Crippen LogP contribution is 2.36. The van der Waals surface area contributed by atoms with Crippen LogP contribution < -0.4 is 0 Å². The Labute approximate surface area is 191 Å². The van der Waals surface area contributed by atoms with Crippen molar-refractivity contribution in [2.45, 2.75) is 32.2 Å². The van der Waals surface area contributed by atoms with Crippen molar-refractivity contribution in [1.82, 2.24) is 9.55 Å². The Hall–Kier alpha value is -2.76. The summed E-state index contributed by atoms with van der Waals surface area (Å²) in [6, 6.07) is 10.1. The second kappa shape index (κ2) is 9.16. The van der Waals surface area contributed by atoms with Crippen molar-refractivity contribution in [2.24, 2.45) is 0 Å². The quantitative estimate of drug-likeness (QED) is 0.436. The molecule has 0 fully saturated rings.